The Bertz CT molecular complexity index is 425. The molecule has 0 heterocycles. The van der Waals surface area contributed by atoms with Crippen molar-refractivity contribution in [1.29, 1.82) is 10.5 Å². The number of Topliss-reactive ketones (excluding diaryl/α,β-unsaturated/α-hetero) is 1. The van der Waals surface area contributed by atoms with Gasteiger partial charge in [0.25, 0.3) is 0 Å². The SMILES string of the molecule is N#CC(C#N)CC(=O)c1ccc(Cl)cc1. The lowest BCUT2D eigenvalue weighted by Gasteiger charge is -2.00. The lowest BCUT2D eigenvalue weighted by molar-refractivity contribution is 0.0976. The van der Waals surface area contributed by atoms with Gasteiger partial charge in [-0.3, -0.25) is 4.79 Å². The zero-order chi connectivity index (χ0) is 11.3. The van der Waals surface area contributed by atoms with Crippen LogP contribution in [0, 0.1) is 28.6 Å². The van der Waals surface area contributed by atoms with E-state index in [1.54, 1.807) is 36.4 Å². The van der Waals surface area contributed by atoms with E-state index >= 15 is 0 Å². The molecular formula is C11H7ClN2O. The van der Waals surface area contributed by atoms with Gasteiger partial charge in [-0.2, -0.15) is 10.5 Å². The Labute approximate surface area is 92.5 Å². The molecule has 0 aliphatic rings. The Morgan fingerprint density at radius 3 is 2.27 bits per heavy atom. The van der Waals surface area contributed by atoms with Crippen molar-refractivity contribution in [3.05, 3.63) is 34.9 Å². The largest absolute Gasteiger partial charge is 0.294 e. The number of rotatable bonds is 3. The first-order chi connectivity index (χ1) is 7.17. The van der Waals surface area contributed by atoms with E-state index in [-0.39, 0.29) is 12.2 Å². The van der Waals surface area contributed by atoms with Crippen LogP contribution in [0.2, 0.25) is 5.02 Å². The molecule has 0 saturated carbocycles. The Balaban J connectivity index is 2.75. The van der Waals surface area contributed by atoms with E-state index in [2.05, 4.69) is 0 Å². The van der Waals surface area contributed by atoms with Crippen LogP contribution in [-0.2, 0) is 0 Å². The minimum absolute atomic E-state index is 0.0748. The minimum atomic E-state index is -0.881. The molecule has 0 aliphatic heterocycles. The summed E-state index contributed by atoms with van der Waals surface area (Å²) in [4.78, 5) is 11.5. The number of benzene rings is 1. The predicted molar refractivity (Wildman–Crippen MR) is 55.1 cm³/mol. The van der Waals surface area contributed by atoms with Gasteiger partial charge < -0.3 is 0 Å². The van der Waals surface area contributed by atoms with E-state index in [1.165, 1.54) is 0 Å². The van der Waals surface area contributed by atoms with Gasteiger partial charge >= 0.3 is 0 Å². The van der Waals surface area contributed by atoms with Gasteiger partial charge in [-0.1, -0.05) is 11.6 Å². The van der Waals surface area contributed by atoms with Crippen molar-refractivity contribution in [1.82, 2.24) is 0 Å². The molecular weight excluding hydrogens is 212 g/mol. The summed E-state index contributed by atoms with van der Waals surface area (Å²) in [5.41, 5.74) is 0.468. The fourth-order valence-electron chi connectivity index (χ4n) is 1.06. The number of hydrogen-bond donors (Lipinski definition) is 0. The van der Waals surface area contributed by atoms with Crippen LogP contribution in [0.3, 0.4) is 0 Å². The first-order valence-electron chi connectivity index (χ1n) is 4.25. The lowest BCUT2D eigenvalue weighted by Crippen LogP contribution is -2.05. The summed E-state index contributed by atoms with van der Waals surface area (Å²) in [6.07, 6.45) is -0.0748. The van der Waals surface area contributed by atoms with Gasteiger partial charge in [-0.05, 0) is 24.3 Å². The van der Waals surface area contributed by atoms with Gasteiger partial charge in [0.1, 0.15) is 5.92 Å². The summed E-state index contributed by atoms with van der Waals surface area (Å²) in [5.74, 6) is -1.10. The van der Waals surface area contributed by atoms with E-state index in [9.17, 15) is 4.79 Å². The van der Waals surface area contributed by atoms with E-state index < -0.39 is 5.92 Å². The average Bonchev–Trinajstić information content (AvgIpc) is 2.26. The lowest BCUT2D eigenvalue weighted by atomic mass is 10.0. The zero-order valence-electron chi connectivity index (χ0n) is 7.77. The van der Waals surface area contributed by atoms with Crippen LogP contribution in [-0.4, -0.2) is 5.78 Å². The highest BCUT2D eigenvalue weighted by molar-refractivity contribution is 6.30. The monoisotopic (exact) mass is 218 g/mol. The zero-order valence-corrected chi connectivity index (χ0v) is 8.53. The van der Waals surface area contributed by atoms with Crippen molar-refractivity contribution in [3.63, 3.8) is 0 Å². The molecule has 1 aromatic rings. The molecule has 0 spiro atoms. The highest BCUT2D eigenvalue weighted by Gasteiger charge is 2.13. The molecule has 1 aromatic carbocycles. The quantitative estimate of drug-likeness (QED) is 0.733. The van der Waals surface area contributed by atoms with Crippen LogP contribution in [0.1, 0.15) is 16.8 Å². The molecule has 0 unspecified atom stereocenters. The van der Waals surface area contributed by atoms with Gasteiger partial charge in [0.05, 0.1) is 12.1 Å². The number of nitriles is 2. The average molecular weight is 219 g/mol. The fourth-order valence-corrected chi connectivity index (χ4v) is 1.19. The van der Waals surface area contributed by atoms with Gasteiger partial charge in [0.15, 0.2) is 5.78 Å². The van der Waals surface area contributed by atoms with Crippen LogP contribution >= 0.6 is 11.6 Å². The molecule has 74 valence electrons. The first kappa shape index (κ1) is 11.2. The minimum Gasteiger partial charge on any atom is -0.294 e. The van der Waals surface area contributed by atoms with Crippen molar-refractivity contribution in [3.8, 4) is 12.1 Å². The fraction of sp³-hybridized carbons (Fsp3) is 0.182. The molecule has 0 radical (unpaired) electrons. The van der Waals surface area contributed by atoms with Crippen molar-refractivity contribution >= 4 is 17.4 Å². The molecule has 0 aliphatic carbocycles. The number of carbonyl (C=O) groups is 1. The van der Waals surface area contributed by atoms with Crippen LogP contribution in [0.15, 0.2) is 24.3 Å². The van der Waals surface area contributed by atoms with Gasteiger partial charge in [-0.15, -0.1) is 0 Å². The smallest absolute Gasteiger partial charge is 0.165 e. The summed E-state index contributed by atoms with van der Waals surface area (Å²) in [6.45, 7) is 0. The van der Waals surface area contributed by atoms with Crippen LogP contribution in [0.25, 0.3) is 0 Å². The van der Waals surface area contributed by atoms with Crippen LogP contribution < -0.4 is 0 Å². The molecule has 0 N–H and O–H groups in total. The first-order valence-corrected chi connectivity index (χ1v) is 4.63. The maximum atomic E-state index is 11.5. The molecule has 15 heavy (non-hydrogen) atoms. The number of carbonyl (C=O) groups excluding carboxylic acids is 1. The van der Waals surface area contributed by atoms with E-state index in [4.69, 9.17) is 22.1 Å². The maximum absolute atomic E-state index is 11.5. The highest BCUT2D eigenvalue weighted by Crippen LogP contribution is 2.13. The maximum Gasteiger partial charge on any atom is 0.165 e. The summed E-state index contributed by atoms with van der Waals surface area (Å²) < 4.78 is 0. The van der Waals surface area contributed by atoms with Crippen molar-refractivity contribution < 1.29 is 4.79 Å². The summed E-state index contributed by atoms with van der Waals surface area (Å²) in [7, 11) is 0. The molecule has 1 rings (SSSR count). The van der Waals surface area contributed by atoms with E-state index in [1.807, 2.05) is 0 Å². The van der Waals surface area contributed by atoms with Gasteiger partial charge in [0, 0.05) is 17.0 Å². The molecule has 0 bridgehead atoms. The second-order valence-corrected chi connectivity index (χ2v) is 3.38. The summed E-state index contributed by atoms with van der Waals surface area (Å²) in [5, 5.41) is 17.6. The molecule has 3 nitrogen and oxygen atoms in total. The third-order valence-electron chi connectivity index (χ3n) is 1.87. The van der Waals surface area contributed by atoms with Crippen molar-refractivity contribution in [2.75, 3.05) is 0 Å². The Hall–Kier alpha value is -1.84. The van der Waals surface area contributed by atoms with Crippen molar-refractivity contribution in [2.24, 2.45) is 5.92 Å². The van der Waals surface area contributed by atoms with Crippen molar-refractivity contribution in [2.45, 2.75) is 6.42 Å². The second kappa shape index (κ2) is 5.14. The third-order valence-corrected chi connectivity index (χ3v) is 2.12. The predicted octanol–water partition coefficient (Wildman–Crippen LogP) is 2.58. The molecule has 0 amide bonds. The molecule has 0 atom stereocenters. The second-order valence-electron chi connectivity index (χ2n) is 2.94. The molecule has 0 aromatic heterocycles. The Morgan fingerprint density at radius 2 is 1.80 bits per heavy atom. The number of hydrogen-bond acceptors (Lipinski definition) is 3. The molecule has 0 fully saturated rings. The molecule has 4 heteroatoms. The topological polar surface area (TPSA) is 64.7 Å². The summed E-state index contributed by atoms with van der Waals surface area (Å²) >= 11 is 5.66. The van der Waals surface area contributed by atoms with E-state index in [0.29, 0.717) is 10.6 Å². The number of nitrogens with zero attached hydrogens (tertiary/aromatic N) is 2. The van der Waals surface area contributed by atoms with Crippen LogP contribution in [0.5, 0.6) is 0 Å². The number of halogens is 1. The van der Waals surface area contributed by atoms with Crippen LogP contribution in [0.4, 0.5) is 0 Å². The summed E-state index contributed by atoms with van der Waals surface area (Å²) in [6, 6.07) is 9.87. The Kier molecular flexibility index (Phi) is 3.85. The highest BCUT2D eigenvalue weighted by atomic mass is 35.5. The van der Waals surface area contributed by atoms with Gasteiger partial charge in [-0.25, -0.2) is 0 Å². The van der Waals surface area contributed by atoms with E-state index in [0.717, 1.165) is 0 Å². The Morgan fingerprint density at radius 1 is 1.27 bits per heavy atom. The normalized spacial score (nSPS) is 9.33. The third kappa shape index (κ3) is 3.09. The van der Waals surface area contributed by atoms with Gasteiger partial charge in [0.2, 0.25) is 0 Å². The standard InChI is InChI=1S/C11H7ClN2O/c12-10-3-1-9(2-4-10)11(15)5-8(6-13)7-14/h1-4,8H,5H2. The number of ketones is 1. The molecule has 0 saturated heterocycles.